The van der Waals surface area contributed by atoms with Gasteiger partial charge in [-0.15, -0.1) is 0 Å². The fourth-order valence-electron chi connectivity index (χ4n) is 1.53. The van der Waals surface area contributed by atoms with Crippen LogP contribution in [0.2, 0.25) is 0 Å². The summed E-state index contributed by atoms with van der Waals surface area (Å²) in [7, 11) is 0. The number of ether oxygens (including phenoxy) is 1. The van der Waals surface area contributed by atoms with E-state index in [9.17, 15) is 4.79 Å². The number of thiocarbonyl (C=S) groups is 1. The molecule has 0 aromatic carbocycles. The van der Waals surface area contributed by atoms with Gasteiger partial charge in [-0.1, -0.05) is 12.2 Å². The molecule has 0 fully saturated rings. The average molecular weight is 276 g/mol. The lowest BCUT2D eigenvalue weighted by Crippen LogP contribution is -2.16. The first-order chi connectivity index (χ1) is 9.13. The van der Waals surface area contributed by atoms with Crippen LogP contribution in [0.15, 0.2) is 30.7 Å². The van der Waals surface area contributed by atoms with Gasteiger partial charge in [-0.05, 0) is 19.1 Å². The Labute approximate surface area is 115 Å². The minimum absolute atomic E-state index is 0.182. The predicted octanol–water partition coefficient (Wildman–Crippen LogP) is 1.08. The van der Waals surface area contributed by atoms with Gasteiger partial charge in [0.15, 0.2) is 5.82 Å². The van der Waals surface area contributed by atoms with Gasteiger partial charge in [0.2, 0.25) is 0 Å². The minimum atomic E-state index is -0.401. The molecule has 2 N–H and O–H groups in total. The Bertz CT molecular complexity index is 606. The summed E-state index contributed by atoms with van der Waals surface area (Å²) in [6.45, 7) is 2.08. The molecule has 2 aromatic rings. The lowest BCUT2D eigenvalue weighted by atomic mass is 10.3. The maximum Gasteiger partial charge on any atom is 0.339 e. The van der Waals surface area contributed by atoms with Crippen molar-refractivity contribution in [2.24, 2.45) is 5.73 Å². The van der Waals surface area contributed by atoms with Crippen molar-refractivity contribution in [1.29, 1.82) is 0 Å². The zero-order chi connectivity index (χ0) is 13.8. The normalized spacial score (nSPS) is 10.2. The summed E-state index contributed by atoms with van der Waals surface area (Å²) >= 11 is 4.90. The molecule has 0 saturated heterocycles. The molecule has 0 unspecified atom stereocenters. The summed E-state index contributed by atoms with van der Waals surface area (Å²) in [6.07, 6.45) is 4.72. The van der Waals surface area contributed by atoms with Crippen molar-refractivity contribution >= 4 is 23.2 Å². The van der Waals surface area contributed by atoms with E-state index in [1.807, 2.05) is 0 Å². The summed E-state index contributed by atoms with van der Waals surface area (Å²) < 4.78 is 6.53. The van der Waals surface area contributed by atoms with E-state index >= 15 is 0 Å². The number of carbonyl (C=O) groups excluding carboxylic acids is 1. The molecule has 0 saturated carbocycles. The van der Waals surface area contributed by atoms with E-state index in [-0.39, 0.29) is 4.99 Å². The van der Waals surface area contributed by atoms with Gasteiger partial charge in [-0.2, -0.15) is 0 Å². The Morgan fingerprint density at radius 2 is 2.26 bits per heavy atom. The van der Waals surface area contributed by atoms with Crippen molar-refractivity contribution < 1.29 is 9.53 Å². The van der Waals surface area contributed by atoms with E-state index in [1.165, 1.54) is 6.20 Å². The number of rotatable bonds is 4. The monoisotopic (exact) mass is 276 g/mol. The minimum Gasteiger partial charge on any atom is -0.462 e. The molecule has 0 atom stereocenters. The van der Waals surface area contributed by atoms with Crippen LogP contribution in [-0.4, -0.2) is 32.1 Å². The maximum absolute atomic E-state index is 11.5. The second-order valence-electron chi connectivity index (χ2n) is 3.61. The zero-order valence-electron chi connectivity index (χ0n) is 10.2. The Morgan fingerprint density at radius 3 is 2.84 bits per heavy atom. The summed E-state index contributed by atoms with van der Waals surface area (Å²) in [5, 5.41) is 0. The topological polar surface area (TPSA) is 83.0 Å². The van der Waals surface area contributed by atoms with Gasteiger partial charge < -0.3 is 10.5 Å². The number of nitrogens with zero attached hydrogens (tertiary/aromatic N) is 3. The number of aromatic nitrogens is 3. The summed E-state index contributed by atoms with van der Waals surface area (Å²) in [6, 6.07) is 3.30. The standard InChI is InChI=1S/C12H12N4O2S/c1-2-18-12(17)8-3-4-9(15-7-8)16-6-5-14-11(16)10(13)19/h3-7H,2H2,1H3,(H2,13,19). The van der Waals surface area contributed by atoms with Crippen LogP contribution in [0.3, 0.4) is 0 Å². The van der Waals surface area contributed by atoms with Crippen LogP contribution in [0.25, 0.3) is 5.82 Å². The van der Waals surface area contributed by atoms with E-state index in [1.54, 1.807) is 36.0 Å². The number of nitrogens with two attached hydrogens (primary N) is 1. The summed E-state index contributed by atoms with van der Waals surface area (Å²) in [5.41, 5.74) is 5.95. The second kappa shape index (κ2) is 5.57. The van der Waals surface area contributed by atoms with Gasteiger partial charge in [-0.25, -0.2) is 14.8 Å². The Morgan fingerprint density at radius 1 is 1.47 bits per heavy atom. The fourth-order valence-corrected chi connectivity index (χ4v) is 1.69. The van der Waals surface area contributed by atoms with E-state index in [4.69, 9.17) is 22.7 Å². The smallest absolute Gasteiger partial charge is 0.339 e. The van der Waals surface area contributed by atoms with Crippen LogP contribution in [-0.2, 0) is 4.74 Å². The Kier molecular flexibility index (Phi) is 3.86. The number of carbonyl (C=O) groups is 1. The molecule has 0 spiro atoms. The van der Waals surface area contributed by atoms with Crippen molar-refractivity contribution in [2.45, 2.75) is 6.92 Å². The number of pyridine rings is 1. The third-order valence-electron chi connectivity index (χ3n) is 2.37. The molecule has 6 nitrogen and oxygen atoms in total. The highest BCUT2D eigenvalue weighted by Gasteiger charge is 2.10. The molecular formula is C12H12N4O2S. The molecule has 2 heterocycles. The van der Waals surface area contributed by atoms with Gasteiger partial charge in [0.1, 0.15) is 10.8 Å². The van der Waals surface area contributed by atoms with Crippen molar-refractivity contribution in [3.8, 4) is 5.82 Å². The van der Waals surface area contributed by atoms with Crippen molar-refractivity contribution in [1.82, 2.24) is 14.5 Å². The van der Waals surface area contributed by atoms with Gasteiger partial charge in [0.25, 0.3) is 0 Å². The molecule has 2 aromatic heterocycles. The van der Waals surface area contributed by atoms with Crippen molar-refractivity contribution in [3.63, 3.8) is 0 Å². The molecule has 0 aliphatic heterocycles. The SMILES string of the molecule is CCOC(=O)c1ccc(-n2ccnc2C(N)=S)nc1. The molecule has 19 heavy (non-hydrogen) atoms. The molecule has 0 bridgehead atoms. The highest BCUT2D eigenvalue weighted by Crippen LogP contribution is 2.09. The predicted molar refractivity (Wildman–Crippen MR) is 73.2 cm³/mol. The van der Waals surface area contributed by atoms with E-state index in [0.29, 0.717) is 23.8 Å². The molecule has 7 heteroatoms. The average Bonchev–Trinajstić information content (AvgIpc) is 2.88. The molecule has 0 aliphatic carbocycles. The molecule has 98 valence electrons. The van der Waals surface area contributed by atoms with E-state index in [2.05, 4.69) is 9.97 Å². The molecule has 0 amide bonds. The quantitative estimate of drug-likeness (QED) is 0.664. The van der Waals surface area contributed by atoms with E-state index < -0.39 is 5.97 Å². The first-order valence-corrected chi connectivity index (χ1v) is 6.01. The number of esters is 1. The molecule has 0 aliphatic rings. The van der Waals surface area contributed by atoms with Crippen LogP contribution in [0.5, 0.6) is 0 Å². The van der Waals surface area contributed by atoms with Crippen LogP contribution < -0.4 is 5.73 Å². The zero-order valence-corrected chi connectivity index (χ0v) is 11.1. The largest absolute Gasteiger partial charge is 0.462 e. The molecule has 0 radical (unpaired) electrons. The maximum atomic E-state index is 11.5. The third kappa shape index (κ3) is 2.76. The Balaban J connectivity index is 2.30. The first kappa shape index (κ1) is 13.2. The van der Waals surface area contributed by atoms with Crippen LogP contribution in [0.4, 0.5) is 0 Å². The number of imidazole rings is 1. The second-order valence-corrected chi connectivity index (χ2v) is 4.05. The number of hydrogen-bond acceptors (Lipinski definition) is 5. The molecular weight excluding hydrogens is 264 g/mol. The van der Waals surface area contributed by atoms with Crippen LogP contribution in [0, 0.1) is 0 Å². The third-order valence-corrected chi connectivity index (χ3v) is 2.55. The van der Waals surface area contributed by atoms with Gasteiger partial charge >= 0.3 is 5.97 Å². The van der Waals surface area contributed by atoms with Gasteiger partial charge in [-0.3, -0.25) is 4.57 Å². The van der Waals surface area contributed by atoms with Gasteiger partial charge in [0.05, 0.1) is 12.2 Å². The summed E-state index contributed by atoms with van der Waals surface area (Å²) in [4.78, 5) is 19.9. The first-order valence-electron chi connectivity index (χ1n) is 5.60. The van der Waals surface area contributed by atoms with Gasteiger partial charge in [0, 0.05) is 18.6 Å². The van der Waals surface area contributed by atoms with Crippen LogP contribution >= 0.6 is 12.2 Å². The van der Waals surface area contributed by atoms with Crippen LogP contribution in [0.1, 0.15) is 23.1 Å². The van der Waals surface area contributed by atoms with E-state index in [0.717, 1.165) is 0 Å². The lowest BCUT2D eigenvalue weighted by Gasteiger charge is -2.06. The number of hydrogen-bond donors (Lipinski definition) is 1. The highest BCUT2D eigenvalue weighted by molar-refractivity contribution is 7.80. The Hall–Kier alpha value is -2.28. The fraction of sp³-hybridized carbons (Fsp3) is 0.167. The highest BCUT2D eigenvalue weighted by atomic mass is 32.1. The van der Waals surface area contributed by atoms with Crippen molar-refractivity contribution in [2.75, 3.05) is 6.61 Å². The lowest BCUT2D eigenvalue weighted by molar-refractivity contribution is 0.0526. The summed E-state index contributed by atoms with van der Waals surface area (Å²) in [5.74, 6) is 0.626. The van der Waals surface area contributed by atoms with Crippen molar-refractivity contribution in [3.05, 3.63) is 42.1 Å². The molecule has 2 rings (SSSR count).